The van der Waals surface area contributed by atoms with Gasteiger partial charge in [-0.2, -0.15) is 0 Å². The molecule has 0 bridgehead atoms. The van der Waals surface area contributed by atoms with Gasteiger partial charge in [0.1, 0.15) is 10.6 Å². The normalized spacial score (nSPS) is 11.3. The second-order valence-electron chi connectivity index (χ2n) is 5.37. The molecule has 0 radical (unpaired) electrons. The van der Waals surface area contributed by atoms with E-state index in [2.05, 4.69) is 4.72 Å². The summed E-state index contributed by atoms with van der Waals surface area (Å²) in [7, 11) is -2.68. The Kier molecular flexibility index (Phi) is 6.67. The summed E-state index contributed by atoms with van der Waals surface area (Å²) in [4.78, 5) is 9.97. The van der Waals surface area contributed by atoms with Crippen molar-refractivity contribution >= 4 is 15.7 Å². The van der Waals surface area contributed by atoms with Gasteiger partial charge in [0.05, 0.1) is 18.6 Å². The van der Waals surface area contributed by atoms with Crippen LogP contribution in [0.5, 0.6) is 5.75 Å². The van der Waals surface area contributed by atoms with Crippen molar-refractivity contribution in [2.24, 2.45) is 0 Å². The first-order valence-electron chi connectivity index (χ1n) is 7.85. The number of hydrogen-bond acceptors (Lipinski definition) is 6. The maximum atomic E-state index is 12.5. The first-order valence-corrected chi connectivity index (χ1v) is 9.33. The molecule has 26 heavy (non-hydrogen) atoms. The highest BCUT2D eigenvalue weighted by Gasteiger charge is 2.22. The number of ether oxygens (including phenoxy) is 2. The van der Waals surface area contributed by atoms with Gasteiger partial charge in [0.25, 0.3) is 5.69 Å². The number of nitro benzene ring substituents is 1. The standard InChI is InChI=1S/C17H20N2O6S/c1-3-25-12-14-6-4-13(5-7-14)11-18-26(22,23)17-10-15(19(20)21)8-9-16(17)24-2/h4-10,18H,3,11-12H2,1-2H3. The van der Waals surface area contributed by atoms with Crippen molar-refractivity contribution in [2.45, 2.75) is 25.0 Å². The van der Waals surface area contributed by atoms with E-state index in [4.69, 9.17) is 9.47 Å². The molecule has 0 aliphatic heterocycles. The Morgan fingerprint density at radius 1 is 1.12 bits per heavy atom. The third-order valence-electron chi connectivity index (χ3n) is 3.61. The van der Waals surface area contributed by atoms with Crippen LogP contribution < -0.4 is 9.46 Å². The molecule has 9 heteroatoms. The fourth-order valence-corrected chi connectivity index (χ4v) is 3.42. The Labute approximate surface area is 152 Å². The molecule has 2 rings (SSSR count). The van der Waals surface area contributed by atoms with E-state index in [1.807, 2.05) is 19.1 Å². The van der Waals surface area contributed by atoms with E-state index < -0.39 is 14.9 Å². The maximum absolute atomic E-state index is 12.5. The molecule has 0 aliphatic rings. The van der Waals surface area contributed by atoms with Crippen molar-refractivity contribution in [3.05, 3.63) is 63.7 Å². The quantitative estimate of drug-likeness (QED) is 0.529. The third kappa shape index (κ3) is 5.01. The molecule has 0 unspecified atom stereocenters. The molecule has 8 nitrogen and oxygen atoms in total. The highest BCUT2D eigenvalue weighted by molar-refractivity contribution is 7.89. The van der Waals surface area contributed by atoms with Crippen LogP contribution in [0.3, 0.4) is 0 Å². The molecule has 0 aromatic heterocycles. The zero-order chi connectivity index (χ0) is 19.2. The molecule has 2 aromatic carbocycles. The highest BCUT2D eigenvalue weighted by atomic mass is 32.2. The minimum atomic E-state index is -3.99. The maximum Gasteiger partial charge on any atom is 0.271 e. The van der Waals surface area contributed by atoms with Gasteiger partial charge in [-0.1, -0.05) is 24.3 Å². The fraction of sp³-hybridized carbons (Fsp3) is 0.294. The Bertz CT molecular complexity index is 865. The van der Waals surface area contributed by atoms with E-state index in [1.165, 1.54) is 19.2 Å². The summed E-state index contributed by atoms with van der Waals surface area (Å²) in [6, 6.07) is 10.7. The van der Waals surface area contributed by atoms with E-state index in [-0.39, 0.29) is 22.9 Å². The lowest BCUT2D eigenvalue weighted by atomic mass is 10.1. The van der Waals surface area contributed by atoms with Gasteiger partial charge in [0.15, 0.2) is 0 Å². The third-order valence-corrected chi connectivity index (χ3v) is 5.03. The van der Waals surface area contributed by atoms with E-state index >= 15 is 0 Å². The van der Waals surface area contributed by atoms with Crippen molar-refractivity contribution < 1.29 is 22.8 Å². The average molecular weight is 380 g/mol. The summed E-state index contributed by atoms with van der Waals surface area (Å²) < 4.78 is 37.8. The van der Waals surface area contributed by atoms with Crippen molar-refractivity contribution in [3.63, 3.8) is 0 Å². The van der Waals surface area contributed by atoms with Crippen LogP contribution in [0, 0.1) is 10.1 Å². The van der Waals surface area contributed by atoms with Crippen molar-refractivity contribution in [1.82, 2.24) is 4.72 Å². The summed E-state index contributed by atoms with van der Waals surface area (Å²) >= 11 is 0. The molecule has 2 aromatic rings. The van der Waals surface area contributed by atoms with Crippen molar-refractivity contribution in [1.29, 1.82) is 0 Å². The van der Waals surface area contributed by atoms with Crippen LogP contribution >= 0.6 is 0 Å². The number of nitrogens with zero attached hydrogens (tertiary/aromatic N) is 1. The summed E-state index contributed by atoms with van der Waals surface area (Å²) in [5.74, 6) is 0.0372. The van der Waals surface area contributed by atoms with Gasteiger partial charge in [-0.25, -0.2) is 13.1 Å². The van der Waals surface area contributed by atoms with Gasteiger partial charge in [-0.15, -0.1) is 0 Å². The van der Waals surface area contributed by atoms with Gasteiger partial charge < -0.3 is 9.47 Å². The Balaban J connectivity index is 2.16. The van der Waals surface area contributed by atoms with Crippen LogP contribution in [0.4, 0.5) is 5.69 Å². The number of methoxy groups -OCH3 is 1. The van der Waals surface area contributed by atoms with Gasteiger partial charge in [-0.3, -0.25) is 10.1 Å². The Morgan fingerprint density at radius 3 is 2.35 bits per heavy atom. The molecule has 0 fully saturated rings. The Morgan fingerprint density at radius 2 is 1.77 bits per heavy atom. The van der Waals surface area contributed by atoms with E-state index in [9.17, 15) is 18.5 Å². The lowest BCUT2D eigenvalue weighted by Gasteiger charge is -2.11. The SMILES string of the molecule is CCOCc1ccc(CNS(=O)(=O)c2cc([N+](=O)[O-])ccc2OC)cc1. The van der Waals surface area contributed by atoms with E-state index in [0.29, 0.717) is 13.2 Å². The van der Waals surface area contributed by atoms with Crippen molar-refractivity contribution in [3.8, 4) is 5.75 Å². The topological polar surface area (TPSA) is 108 Å². The van der Waals surface area contributed by atoms with Gasteiger partial charge in [0.2, 0.25) is 10.0 Å². The molecule has 0 amide bonds. The molecule has 1 N–H and O–H groups in total. The van der Waals surface area contributed by atoms with Crippen molar-refractivity contribution in [2.75, 3.05) is 13.7 Å². The fourth-order valence-electron chi connectivity index (χ4n) is 2.22. The van der Waals surface area contributed by atoms with Gasteiger partial charge >= 0.3 is 0 Å². The predicted octanol–water partition coefficient (Wildman–Crippen LogP) is 2.62. The first-order chi connectivity index (χ1) is 12.4. The number of non-ortho nitro benzene ring substituents is 1. The average Bonchev–Trinajstić information content (AvgIpc) is 2.65. The molecular formula is C17H20N2O6S. The first kappa shape index (κ1) is 19.8. The van der Waals surface area contributed by atoms with Gasteiger partial charge in [0, 0.05) is 25.3 Å². The predicted molar refractivity (Wildman–Crippen MR) is 95.4 cm³/mol. The van der Waals surface area contributed by atoms with E-state index in [0.717, 1.165) is 17.2 Å². The van der Waals surface area contributed by atoms with Gasteiger partial charge in [-0.05, 0) is 24.1 Å². The summed E-state index contributed by atoms with van der Waals surface area (Å²) in [6.45, 7) is 3.06. The lowest BCUT2D eigenvalue weighted by Crippen LogP contribution is -2.24. The highest BCUT2D eigenvalue weighted by Crippen LogP contribution is 2.28. The summed E-state index contributed by atoms with van der Waals surface area (Å²) in [5, 5.41) is 10.9. The number of rotatable bonds is 9. The molecule has 0 aliphatic carbocycles. The molecule has 0 spiro atoms. The lowest BCUT2D eigenvalue weighted by molar-refractivity contribution is -0.385. The zero-order valence-corrected chi connectivity index (χ0v) is 15.3. The van der Waals surface area contributed by atoms with Crippen LogP contribution in [0.15, 0.2) is 47.4 Å². The molecule has 0 saturated heterocycles. The second-order valence-corrected chi connectivity index (χ2v) is 7.11. The zero-order valence-electron chi connectivity index (χ0n) is 14.5. The van der Waals surface area contributed by atoms with Crippen LogP contribution in [-0.2, 0) is 27.9 Å². The number of sulfonamides is 1. The smallest absolute Gasteiger partial charge is 0.271 e. The van der Waals surface area contributed by atoms with Crippen LogP contribution in [-0.4, -0.2) is 27.1 Å². The largest absolute Gasteiger partial charge is 0.495 e. The number of hydrogen-bond donors (Lipinski definition) is 1. The molecule has 140 valence electrons. The second kappa shape index (κ2) is 8.75. The molecule has 0 heterocycles. The molecular weight excluding hydrogens is 360 g/mol. The summed E-state index contributed by atoms with van der Waals surface area (Å²) in [6.07, 6.45) is 0. The van der Waals surface area contributed by atoms with Crippen LogP contribution in [0.2, 0.25) is 0 Å². The number of nitro groups is 1. The minimum absolute atomic E-state index is 0.0372. The number of nitrogens with one attached hydrogen (secondary N) is 1. The molecule has 0 atom stereocenters. The van der Waals surface area contributed by atoms with Crippen LogP contribution in [0.1, 0.15) is 18.1 Å². The van der Waals surface area contributed by atoms with E-state index in [1.54, 1.807) is 12.1 Å². The molecule has 0 saturated carbocycles. The minimum Gasteiger partial charge on any atom is -0.495 e. The van der Waals surface area contributed by atoms with Crippen LogP contribution in [0.25, 0.3) is 0 Å². The number of benzene rings is 2. The Hall–Kier alpha value is -2.49. The monoisotopic (exact) mass is 380 g/mol. The summed E-state index contributed by atoms with van der Waals surface area (Å²) in [5.41, 5.74) is 1.41.